The van der Waals surface area contributed by atoms with E-state index < -0.39 is 12.3 Å². The topological polar surface area (TPSA) is 56.0 Å². The second-order valence-corrected chi connectivity index (χ2v) is 8.21. The summed E-state index contributed by atoms with van der Waals surface area (Å²) in [5.74, 6) is -2.56. The number of fused-ring (bicyclic) bond motifs is 1. The van der Waals surface area contributed by atoms with Crippen molar-refractivity contribution in [1.29, 1.82) is 0 Å². The fourth-order valence-electron chi connectivity index (χ4n) is 3.69. The summed E-state index contributed by atoms with van der Waals surface area (Å²) in [6.07, 6.45) is 5.59. The van der Waals surface area contributed by atoms with Crippen molar-refractivity contribution in [3.05, 3.63) is 59.9 Å². The largest absolute Gasteiger partial charge is 0.399 e. The van der Waals surface area contributed by atoms with Gasteiger partial charge in [0.15, 0.2) is 0 Å². The third-order valence-electron chi connectivity index (χ3n) is 5.43. The zero-order valence-corrected chi connectivity index (χ0v) is 17.6. The van der Waals surface area contributed by atoms with E-state index in [4.69, 9.17) is 4.84 Å². The van der Waals surface area contributed by atoms with Crippen LogP contribution in [-0.4, -0.2) is 33.9 Å². The van der Waals surface area contributed by atoms with Crippen LogP contribution >= 0.6 is 0 Å². The third-order valence-corrected chi connectivity index (χ3v) is 5.43. The molecule has 3 aromatic rings. The van der Waals surface area contributed by atoms with Gasteiger partial charge in [0.05, 0.1) is 17.6 Å². The zero-order chi connectivity index (χ0) is 22.0. The zero-order valence-electron chi connectivity index (χ0n) is 17.6. The fraction of sp³-hybridized carbons (Fsp3) is 0.375. The monoisotopic (exact) mass is 425 g/mol. The summed E-state index contributed by atoms with van der Waals surface area (Å²) in [6, 6.07) is 11.6. The standard InChI is InChI=1S/C24H25F2N3O2/c1-24(25,26)10-8-20(30)13-16-4-3-5-18(12-16)21-15-27-22-14-19(9-11-29(21)22)23(28-31-2)17-6-7-17/h3-5,9,11-12,14-15,17H,6-8,10,13H2,1-2H3/b28-23-. The van der Waals surface area contributed by atoms with Gasteiger partial charge < -0.3 is 4.84 Å². The highest BCUT2D eigenvalue weighted by Crippen LogP contribution is 2.34. The molecule has 31 heavy (non-hydrogen) atoms. The molecule has 1 aliphatic rings. The molecule has 0 radical (unpaired) electrons. The van der Waals surface area contributed by atoms with Crippen molar-refractivity contribution < 1.29 is 18.4 Å². The normalized spacial score (nSPS) is 14.8. The van der Waals surface area contributed by atoms with Gasteiger partial charge in [0.2, 0.25) is 5.92 Å². The number of alkyl halides is 2. The number of nitrogens with zero attached hydrogens (tertiary/aromatic N) is 3. The molecule has 2 heterocycles. The molecule has 0 unspecified atom stereocenters. The van der Waals surface area contributed by atoms with E-state index in [0.717, 1.165) is 53.5 Å². The number of imidazole rings is 1. The Morgan fingerprint density at radius 2 is 2.10 bits per heavy atom. The quantitative estimate of drug-likeness (QED) is 0.345. The highest BCUT2D eigenvalue weighted by atomic mass is 19.3. The van der Waals surface area contributed by atoms with E-state index in [2.05, 4.69) is 10.1 Å². The van der Waals surface area contributed by atoms with E-state index in [9.17, 15) is 13.6 Å². The summed E-state index contributed by atoms with van der Waals surface area (Å²) >= 11 is 0. The van der Waals surface area contributed by atoms with Crippen LogP contribution in [0.15, 0.2) is 53.9 Å². The number of oxime groups is 1. The number of hydrogen-bond donors (Lipinski definition) is 0. The minimum atomic E-state index is -2.82. The number of Topliss-reactive ketones (excluding diaryl/α,β-unsaturated/α-hetero) is 1. The van der Waals surface area contributed by atoms with Crippen molar-refractivity contribution in [2.75, 3.05) is 7.11 Å². The van der Waals surface area contributed by atoms with Crippen LogP contribution in [0.4, 0.5) is 8.78 Å². The molecule has 4 rings (SSSR count). The molecule has 5 nitrogen and oxygen atoms in total. The molecule has 0 saturated heterocycles. The van der Waals surface area contributed by atoms with Crippen LogP contribution in [0.3, 0.4) is 0 Å². The maximum absolute atomic E-state index is 13.0. The first-order valence-corrected chi connectivity index (χ1v) is 10.4. The molecule has 0 atom stereocenters. The van der Waals surface area contributed by atoms with Gasteiger partial charge in [0, 0.05) is 42.5 Å². The fourth-order valence-corrected chi connectivity index (χ4v) is 3.69. The van der Waals surface area contributed by atoms with Crippen molar-refractivity contribution >= 4 is 17.1 Å². The number of ketones is 1. The van der Waals surface area contributed by atoms with E-state index in [1.165, 1.54) is 0 Å². The van der Waals surface area contributed by atoms with Crippen molar-refractivity contribution in [3.8, 4) is 11.3 Å². The third kappa shape index (κ3) is 5.16. The smallest absolute Gasteiger partial charge is 0.245 e. The second kappa shape index (κ2) is 8.57. The van der Waals surface area contributed by atoms with Crippen LogP contribution in [0.1, 0.15) is 43.7 Å². The van der Waals surface area contributed by atoms with Crippen LogP contribution in [0.25, 0.3) is 16.9 Å². The molecule has 162 valence electrons. The highest BCUT2D eigenvalue weighted by Gasteiger charge is 2.29. The van der Waals surface area contributed by atoms with E-state index in [1.807, 2.05) is 47.0 Å². The predicted octanol–water partition coefficient (Wildman–Crippen LogP) is 5.31. The Morgan fingerprint density at radius 1 is 1.29 bits per heavy atom. The lowest BCUT2D eigenvalue weighted by Gasteiger charge is -2.09. The van der Waals surface area contributed by atoms with Gasteiger partial charge in [-0.25, -0.2) is 13.8 Å². The number of carbonyl (C=O) groups excluding carboxylic acids is 1. The lowest BCUT2D eigenvalue weighted by atomic mass is 10.0. The lowest BCUT2D eigenvalue weighted by molar-refractivity contribution is -0.120. The number of carbonyl (C=O) groups is 1. The predicted molar refractivity (Wildman–Crippen MR) is 115 cm³/mol. The number of rotatable bonds is 9. The summed E-state index contributed by atoms with van der Waals surface area (Å²) in [7, 11) is 1.56. The number of aromatic nitrogens is 2. The first-order chi connectivity index (χ1) is 14.8. The van der Waals surface area contributed by atoms with Gasteiger partial charge in [-0.2, -0.15) is 0 Å². The van der Waals surface area contributed by atoms with Crippen molar-refractivity contribution in [2.45, 2.75) is 45.0 Å². The number of hydrogen-bond acceptors (Lipinski definition) is 4. The molecule has 2 aromatic heterocycles. The molecule has 1 aliphatic carbocycles. The molecule has 1 aromatic carbocycles. The molecule has 1 fully saturated rings. The van der Waals surface area contributed by atoms with E-state index in [1.54, 1.807) is 13.3 Å². The van der Waals surface area contributed by atoms with Crippen molar-refractivity contribution in [2.24, 2.45) is 11.1 Å². The lowest BCUT2D eigenvalue weighted by Crippen LogP contribution is -2.13. The molecule has 1 saturated carbocycles. The van der Waals surface area contributed by atoms with Crippen LogP contribution in [0.2, 0.25) is 0 Å². The Hall–Kier alpha value is -3.09. The van der Waals surface area contributed by atoms with Gasteiger partial charge in [0.25, 0.3) is 0 Å². The Labute approximate surface area is 179 Å². The number of halogens is 2. The maximum atomic E-state index is 13.0. The van der Waals surface area contributed by atoms with E-state index in [-0.39, 0.29) is 18.6 Å². The van der Waals surface area contributed by atoms with Crippen LogP contribution in [0, 0.1) is 5.92 Å². The summed E-state index contributed by atoms with van der Waals surface area (Å²) < 4.78 is 28.0. The molecule has 0 N–H and O–H groups in total. The summed E-state index contributed by atoms with van der Waals surface area (Å²) in [5.41, 5.74) is 5.36. The van der Waals surface area contributed by atoms with Gasteiger partial charge in [-0.3, -0.25) is 9.20 Å². The van der Waals surface area contributed by atoms with Gasteiger partial charge in [-0.05, 0) is 43.5 Å². The van der Waals surface area contributed by atoms with Crippen LogP contribution in [-0.2, 0) is 16.1 Å². The average Bonchev–Trinajstić information content (AvgIpc) is 3.48. The first-order valence-electron chi connectivity index (χ1n) is 10.4. The Balaban J connectivity index is 1.56. The summed E-state index contributed by atoms with van der Waals surface area (Å²) in [5, 5.41) is 4.20. The van der Waals surface area contributed by atoms with Crippen LogP contribution in [0.5, 0.6) is 0 Å². The van der Waals surface area contributed by atoms with Crippen molar-refractivity contribution in [3.63, 3.8) is 0 Å². The van der Waals surface area contributed by atoms with Gasteiger partial charge in [-0.1, -0.05) is 23.4 Å². The molecule has 0 aliphatic heterocycles. The minimum absolute atomic E-state index is 0.127. The maximum Gasteiger partial charge on any atom is 0.245 e. The van der Waals surface area contributed by atoms with Gasteiger partial charge in [-0.15, -0.1) is 0 Å². The Kier molecular flexibility index (Phi) is 5.85. The summed E-state index contributed by atoms with van der Waals surface area (Å²) in [4.78, 5) is 21.7. The number of benzene rings is 1. The number of pyridine rings is 1. The molecule has 0 spiro atoms. The molecular weight excluding hydrogens is 400 g/mol. The SMILES string of the molecule is CO/N=C(\c1ccn2c(-c3cccc(CC(=O)CCC(C)(F)F)c3)cnc2c1)C1CC1. The highest BCUT2D eigenvalue weighted by molar-refractivity contribution is 6.03. The Morgan fingerprint density at radius 3 is 2.81 bits per heavy atom. The second-order valence-electron chi connectivity index (χ2n) is 8.21. The first kappa shape index (κ1) is 21.2. The van der Waals surface area contributed by atoms with E-state index >= 15 is 0 Å². The molecular formula is C24H25F2N3O2. The molecule has 0 bridgehead atoms. The summed E-state index contributed by atoms with van der Waals surface area (Å²) in [6.45, 7) is 0.839. The Bertz CT molecular complexity index is 1130. The van der Waals surface area contributed by atoms with Crippen LogP contribution < -0.4 is 0 Å². The minimum Gasteiger partial charge on any atom is -0.399 e. The molecule has 7 heteroatoms. The molecule has 0 amide bonds. The average molecular weight is 425 g/mol. The van der Waals surface area contributed by atoms with Crippen molar-refractivity contribution in [1.82, 2.24) is 9.38 Å². The van der Waals surface area contributed by atoms with Gasteiger partial charge >= 0.3 is 0 Å². The van der Waals surface area contributed by atoms with E-state index in [0.29, 0.717) is 5.92 Å². The van der Waals surface area contributed by atoms with Gasteiger partial charge in [0.1, 0.15) is 18.5 Å².